The Hall–Kier alpha value is -1.18. The summed E-state index contributed by atoms with van der Waals surface area (Å²) in [5.41, 5.74) is 1.22. The van der Waals surface area contributed by atoms with E-state index in [1.54, 1.807) is 11.3 Å². The van der Waals surface area contributed by atoms with Crippen LogP contribution in [-0.4, -0.2) is 61.8 Å². The third-order valence-corrected chi connectivity index (χ3v) is 5.83. The van der Waals surface area contributed by atoms with Crippen LogP contribution in [0.4, 0.5) is 0 Å². The number of piperidine rings is 1. The number of unbranched alkanes of at least 4 members (excludes halogenated alkanes) is 1. The van der Waals surface area contributed by atoms with Crippen molar-refractivity contribution in [2.45, 2.75) is 59.4 Å². The van der Waals surface area contributed by atoms with Crippen molar-refractivity contribution in [1.82, 2.24) is 20.5 Å². The lowest BCUT2D eigenvalue weighted by molar-refractivity contribution is 0.129. The zero-order valence-corrected chi connectivity index (χ0v) is 18.8. The van der Waals surface area contributed by atoms with Crippen molar-refractivity contribution in [2.75, 3.05) is 45.9 Å². The fourth-order valence-electron chi connectivity index (χ4n) is 3.33. The number of hydrogen-bond acceptors (Lipinski definition) is 5. The van der Waals surface area contributed by atoms with Gasteiger partial charge in [0.05, 0.1) is 10.7 Å². The zero-order valence-electron chi connectivity index (χ0n) is 18.0. The van der Waals surface area contributed by atoms with E-state index in [9.17, 15) is 0 Å². The lowest BCUT2D eigenvalue weighted by atomic mass is 9.97. The normalized spacial score (nSPS) is 16.5. The van der Waals surface area contributed by atoms with Crippen molar-refractivity contribution in [3.8, 4) is 0 Å². The Morgan fingerprint density at radius 1 is 1.25 bits per heavy atom. The van der Waals surface area contributed by atoms with Crippen molar-refractivity contribution >= 4 is 17.3 Å². The molecule has 0 unspecified atom stereocenters. The van der Waals surface area contributed by atoms with Crippen LogP contribution in [-0.2, 0) is 11.3 Å². The van der Waals surface area contributed by atoms with E-state index in [1.165, 1.54) is 25.0 Å². The number of likely N-dealkylation sites (tertiary alicyclic amines) is 1. The maximum Gasteiger partial charge on any atom is 0.191 e. The van der Waals surface area contributed by atoms with Crippen LogP contribution in [0, 0.1) is 12.8 Å². The second kappa shape index (κ2) is 13.9. The number of hydrogen-bond donors (Lipinski definition) is 2. The Labute approximate surface area is 175 Å². The lowest BCUT2D eigenvalue weighted by Crippen LogP contribution is -2.39. The molecule has 0 saturated carbocycles. The minimum atomic E-state index is 0.682. The number of aliphatic imine (C=N–C) groups is 1. The van der Waals surface area contributed by atoms with E-state index in [0.29, 0.717) is 5.92 Å². The van der Waals surface area contributed by atoms with E-state index in [1.807, 2.05) is 0 Å². The molecule has 1 saturated heterocycles. The average Bonchev–Trinajstić information content (AvgIpc) is 3.11. The van der Waals surface area contributed by atoms with Gasteiger partial charge >= 0.3 is 0 Å². The molecule has 2 N–H and O–H groups in total. The first-order valence-corrected chi connectivity index (χ1v) is 11.8. The van der Waals surface area contributed by atoms with E-state index in [4.69, 9.17) is 9.73 Å². The number of thiazole rings is 1. The highest BCUT2D eigenvalue weighted by atomic mass is 32.1. The van der Waals surface area contributed by atoms with Crippen molar-refractivity contribution < 1.29 is 4.74 Å². The predicted octanol–water partition coefficient (Wildman–Crippen LogP) is 3.43. The van der Waals surface area contributed by atoms with Gasteiger partial charge in [0.15, 0.2) is 5.96 Å². The molecule has 1 aromatic heterocycles. The van der Waals surface area contributed by atoms with E-state index in [0.717, 1.165) is 76.3 Å². The van der Waals surface area contributed by atoms with Crippen LogP contribution in [0.1, 0.15) is 56.7 Å². The second-order valence-electron chi connectivity index (χ2n) is 7.54. The van der Waals surface area contributed by atoms with Crippen LogP contribution in [0.25, 0.3) is 0 Å². The molecule has 1 aliphatic heterocycles. The third-order valence-electron chi connectivity index (χ3n) is 5.01. The van der Waals surface area contributed by atoms with Gasteiger partial charge in [-0.1, -0.05) is 13.3 Å². The van der Waals surface area contributed by atoms with Gasteiger partial charge in [0.2, 0.25) is 0 Å². The summed E-state index contributed by atoms with van der Waals surface area (Å²) in [6.07, 6.45) is 5.80. The van der Waals surface area contributed by atoms with Gasteiger partial charge in [0.25, 0.3) is 0 Å². The molecule has 0 aromatic carbocycles. The van der Waals surface area contributed by atoms with Crippen LogP contribution in [0.15, 0.2) is 10.4 Å². The number of aryl methyl sites for hydroxylation is 1. The maximum atomic E-state index is 5.62. The zero-order chi connectivity index (χ0) is 20.0. The van der Waals surface area contributed by atoms with E-state index < -0.39 is 0 Å². The number of nitrogens with zero attached hydrogens (tertiary/aromatic N) is 3. The second-order valence-corrected chi connectivity index (χ2v) is 8.61. The standard InChI is InChI=1S/C21H39N5OS/c1-4-6-13-27-14-7-10-23-21(22-5-2)24-15-19-8-11-26(12-9-19)16-20-17-28-18(3)25-20/h17,19H,4-16H2,1-3H3,(H2,22,23,24). The first-order chi connectivity index (χ1) is 13.7. The molecule has 0 spiro atoms. The summed E-state index contributed by atoms with van der Waals surface area (Å²) in [5, 5.41) is 10.1. The monoisotopic (exact) mass is 409 g/mol. The molecule has 0 amide bonds. The molecule has 1 fully saturated rings. The minimum absolute atomic E-state index is 0.682. The van der Waals surface area contributed by atoms with Crippen LogP contribution in [0.3, 0.4) is 0 Å². The van der Waals surface area contributed by atoms with Gasteiger partial charge in [-0.05, 0) is 58.5 Å². The van der Waals surface area contributed by atoms with Gasteiger partial charge in [-0.15, -0.1) is 11.3 Å². The van der Waals surface area contributed by atoms with Gasteiger partial charge in [-0.3, -0.25) is 9.89 Å². The molecule has 160 valence electrons. The molecule has 0 atom stereocenters. The highest BCUT2D eigenvalue weighted by Crippen LogP contribution is 2.20. The molecule has 1 aliphatic rings. The highest BCUT2D eigenvalue weighted by molar-refractivity contribution is 7.09. The van der Waals surface area contributed by atoms with Gasteiger partial charge in [0.1, 0.15) is 0 Å². The third kappa shape index (κ3) is 9.34. The molecule has 28 heavy (non-hydrogen) atoms. The molecule has 0 bridgehead atoms. The Bertz CT molecular complexity index is 555. The van der Waals surface area contributed by atoms with Gasteiger partial charge < -0.3 is 15.4 Å². The average molecular weight is 410 g/mol. The molecule has 2 rings (SSSR count). The topological polar surface area (TPSA) is 61.8 Å². The van der Waals surface area contributed by atoms with Crippen LogP contribution in [0.2, 0.25) is 0 Å². The Kier molecular flexibility index (Phi) is 11.5. The number of aromatic nitrogens is 1. The van der Waals surface area contributed by atoms with E-state index >= 15 is 0 Å². The molecule has 0 aliphatic carbocycles. The highest BCUT2D eigenvalue weighted by Gasteiger charge is 2.19. The number of rotatable bonds is 12. The van der Waals surface area contributed by atoms with Crippen LogP contribution >= 0.6 is 11.3 Å². The quantitative estimate of drug-likeness (QED) is 0.315. The smallest absolute Gasteiger partial charge is 0.191 e. The van der Waals surface area contributed by atoms with Gasteiger partial charge in [0, 0.05) is 44.8 Å². The van der Waals surface area contributed by atoms with Crippen molar-refractivity contribution in [2.24, 2.45) is 10.9 Å². The van der Waals surface area contributed by atoms with Gasteiger partial charge in [-0.25, -0.2) is 4.98 Å². The van der Waals surface area contributed by atoms with E-state index in [-0.39, 0.29) is 0 Å². The first kappa shape index (κ1) is 23.1. The largest absolute Gasteiger partial charge is 0.381 e. The number of nitrogens with one attached hydrogen (secondary N) is 2. The number of guanidine groups is 1. The van der Waals surface area contributed by atoms with Crippen LogP contribution in [0.5, 0.6) is 0 Å². The maximum absolute atomic E-state index is 5.62. The SMILES string of the molecule is CCCCOCCCNC(=NCC1CCN(Cc2csc(C)n2)CC1)NCC. The van der Waals surface area contributed by atoms with Crippen molar-refractivity contribution in [1.29, 1.82) is 0 Å². The fourth-order valence-corrected chi connectivity index (χ4v) is 3.93. The first-order valence-electron chi connectivity index (χ1n) is 10.9. The molecule has 6 nitrogen and oxygen atoms in total. The summed E-state index contributed by atoms with van der Waals surface area (Å²) < 4.78 is 5.62. The molecular weight excluding hydrogens is 370 g/mol. The minimum Gasteiger partial charge on any atom is -0.381 e. The summed E-state index contributed by atoms with van der Waals surface area (Å²) in [7, 11) is 0. The Balaban J connectivity index is 1.62. The summed E-state index contributed by atoms with van der Waals surface area (Å²) in [4.78, 5) is 11.9. The Morgan fingerprint density at radius 3 is 2.71 bits per heavy atom. The van der Waals surface area contributed by atoms with Crippen molar-refractivity contribution in [3.05, 3.63) is 16.1 Å². The molecular formula is C21H39N5OS. The molecule has 1 aromatic rings. The van der Waals surface area contributed by atoms with E-state index in [2.05, 4.69) is 46.7 Å². The summed E-state index contributed by atoms with van der Waals surface area (Å²) >= 11 is 1.74. The van der Waals surface area contributed by atoms with Crippen LogP contribution < -0.4 is 10.6 Å². The number of ether oxygens (including phenoxy) is 1. The summed E-state index contributed by atoms with van der Waals surface area (Å²) in [6.45, 7) is 14.1. The van der Waals surface area contributed by atoms with Gasteiger partial charge in [-0.2, -0.15) is 0 Å². The Morgan fingerprint density at radius 2 is 2.04 bits per heavy atom. The molecule has 2 heterocycles. The lowest BCUT2D eigenvalue weighted by Gasteiger charge is -2.30. The van der Waals surface area contributed by atoms with Crippen molar-refractivity contribution in [3.63, 3.8) is 0 Å². The summed E-state index contributed by atoms with van der Waals surface area (Å²) in [5.74, 6) is 1.62. The molecule has 0 radical (unpaired) electrons. The fraction of sp³-hybridized carbons (Fsp3) is 0.810. The molecule has 7 heteroatoms. The predicted molar refractivity (Wildman–Crippen MR) is 119 cm³/mol. The summed E-state index contributed by atoms with van der Waals surface area (Å²) in [6, 6.07) is 0.